The van der Waals surface area contributed by atoms with Gasteiger partial charge in [0.15, 0.2) is 0 Å². The Morgan fingerprint density at radius 1 is 1.11 bits per heavy atom. The van der Waals surface area contributed by atoms with Crippen LogP contribution in [0.2, 0.25) is 0 Å². The molecule has 0 radical (unpaired) electrons. The average Bonchev–Trinajstić information content (AvgIpc) is 2.65. The van der Waals surface area contributed by atoms with Crippen LogP contribution in [-0.4, -0.2) is 40.1 Å². The van der Waals surface area contributed by atoms with Crippen LogP contribution < -0.4 is 9.46 Å². The van der Waals surface area contributed by atoms with E-state index in [1.165, 1.54) is 11.1 Å². The molecule has 1 aliphatic rings. The highest BCUT2D eigenvalue weighted by molar-refractivity contribution is 7.89. The van der Waals surface area contributed by atoms with E-state index in [4.69, 9.17) is 4.74 Å². The molecule has 146 valence electrons. The monoisotopic (exact) mass is 388 g/mol. The largest absolute Gasteiger partial charge is 0.496 e. The number of benzene rings is 2. The quantitative estimate of drug-likeness (QED) is 0.741. The molecular weight excluding hydrogens is 360 g/mol. The summed E-state index contributed by atoms with van der Waals surface area (Å²) in [5.41, 5.74) is 4.46. The van der Waals surface area contributed by atoms with E-state index in [-0.39, 0.29) is 0 Å². The Hall–Kier alpha value is -1.89. The summed E-state index contributed by atoms with van der Waals surface area (Å²) in [6.07, 6.45) is 1.85. The minimum absolute atomic E-state index is 0.296. The Morgan fingerprint density at radius 2 is 1.78 bits per heavy atom. The molecule has 0 spiro atoms. The first-order valence-corrected chi connectivity index (χ1v) is 10.8. The van der Waals surface area contributed by atoms with E-state index < -0.39 is 10.0 Å². The van der Waals surface area contributed by atoms with Crippen LogP contribution in [0.25, 0.3) is 0 Å². The second kappa shape index (κ2) is 8.42. The summed E-state index contributed by atoms with van der Waals surface area (Å²) < 4.78 is 33.2. The topological polar surface area (TPSA) is 58.6 Å². The molecule has 1 aliphatic heterocycles. The number of nitrogens with zero attached hydrogens (tertiary/aromatic N) is 1. The Labute approximate surface area is 162 Å². The molecule has 27 heavy (non-hydrogen) atoms. The highest BCUT2D eigenvalue weighted by Crippen LogP contribution is 2.26. The van der Waals surface area contributed by atoms with E-state index in [0.717, 1.165) is 49.4 Å². The lowest BCUT2D eigenvalue weighted by molar-refractivity contribution is 0.251. The van der Waals surface area contributed by atoms with Crippen LogP contribution in [0.5, 0.6) is 5.75 Å². The third-order valence-electron chi connectivity index (χ3n) is 5.10. The van der Waals surface area contributed by atoms with Crippen molar-refractivity contribution in [2.75, 3.05) is 26.7 Å². The number of hydrogen-bond donors (Lipinski definition) is 1. The minimum atomic E-state index is -3.51. The third kappa shape index (κ3) is 4.69. The second-order valence-corrected chi connectivity index (χ2v) is 8.90. The molecular formula is C21H28N2O3S. The van der Waals surface area contributed by atoms with E-state index >= 15 is 0 Å². The molecule has 0 saturated carbocycles. The lowest BCUT2D eigenvalue weighted by Gasteiger charge is -2.28. The van der Waals surface area contributed by atoms with Gasteiger partial charge in [-0.25, -0.2) is 13.1 Å². The summed E-state index contributed by atoms with van der Waals surface area (Å²) in [5.74, 6) is 0.735. The number of aryl methyl sites for hydroxylation is 2. The smallest absolute Gasteiger partial charge is 0.240 e. The average molecular weight is 389 g/mol. The number of rotatable bonds is 7. The van der Waals surface area contributed by atoms with Crippen molar-refractivity contribution in [2.24, 2.45) is 0 Å². The van der Waals surface area contributed by atoms with E-state index in [0.29, 0.717) is 11.4 Å². The van der Waals surface area contributed by atoms with Crippen molar-refractivity contribution in [1.82, 2.24) is 9.62 Å². The van der Waals surface area contributed by atoms with Crippen LogP contribution in [0.15, 0.2) is 41.3 Å². The van der Waals surface area contributed by atoms with Gasteiger partial charge in [0.2, 0.25) is 10.0 Å². The van der Waals surface area contributed by atoms with Crippen LogP contribution in [0, 0.1) is 13.8 Å². The summed E-state index contributed by atoms with van der Waals surface area (Å²) in [4.78, 5) is 2.68. The van der Waals surface area contributed by atoms with Gasteiger partial charge in [0, 0.05) is 19.6 Å². The van der Waals surface area contributed by atoms with Gasteiger partial charge in [-0.1, -0.05) is 24.3 Å². The van der Waals surface area contributed by atoms with Crippen molar-refractivity contribution in [3.05, 3.63) is 58.7 Å². The molecule has 5 nitrogen and oxygen atoms in total. The van der Waals surface area contributed by atoms with Gasteiger partial charge < -0.3 is 4.74 Å². The predicted molar refractivity (Wildman–Crippen MR) is 108 cm³/mol. The number of fused-ring (bicyclic) bond motifs is 1. The molecule has 2 aromatic carbocycles. The lowest BCUT2D eigenvalue weighted by atomic mass is 10.00. The normalized spacial score (nSPS) is 14.8. The van der Waals surface area contributed by atoms with Gasteiger partial charge in [-0.05, 0) is 67.6 Å². The first-order valence-electron chi connectivity index (χ1n) is 9.35. The Kier molecular flexibility index (Phi) is 6.19. The molecule has 0 bridgehead atoms. The summed E-state index contributed by atoms with van der Waals surface area (Å²) in [6, 6.07) is 11.9. The lowest BCUT2D eigenvalue weighted by Crippen LogP contribution is -2.33. The molecule has 0 amide bonds. The van der Waals surface area contributed by atoms with Crippen LogP contribution in [-0.2, 0) is 23.0 Å². The summed E-state index contributed by atoms with van der Waals surface area (Å²) >= 11 is 0. The molecule has 0 aliphatic carbocycles. The second-order valence-electron chi connectivity index (χ2n) is 7.14. The first-order chi connectivity index (χ1) is 12.9. The fourth-order valence-corrected chi connectivity index (χ4v) is 4.97. The molecule has 1 heterocycles. The van der Waals surface area contributed by atoms with E-state index in [2.05, 4.69) is 33.9 Å². The zero-order valence-electron chi connectivity index (χ0n) is 16.3. The summed E-state index contributed by atoms with van der Waals surface area (Å²) in [6.45, 7) is 7.01. The van der Waals surface area contributed by atoms with Crippen LogP contribution in [0.1, 0.15) is 28.7 Å². The first kappa shape index (κ1) is 19.9. The Morgan fingerprint density at radius 3 is 2.44 bits per heavy atom. The molecule has 0 aromatic heterocycles. The van der Waals surface area contributed by atoms with Crippen LogP contribution in [0.4, 0.5) is 0 Å². The maximum Gasteiger partial charge on any atom is 0.240 e. The maximum atomic E-state index is 12.6. The Balaban J connectivity index is 1.53. The zero-order valence-corrected chi connectivity index (χ0v) is 17.1. The zero-order chi connectivity index (χ0) is 19.4. The molecule has 1 N–H and O–H groups in total. The molecule has 0 unspecified atom stereocenters. The van der Waals surface area contributed by atoms with Gasteiger partial charge in [-0.15, -0.1) is 0 Å². The van der Waals surface area contributed by atoms with Crippen molar-refractivity contribution in [2.45, 2.75) is 38.1 Å². The summed E-state index contributed by atoms with van der Waals surface area (Å²) in [5, 5.41) is 0. The number of nitrogens with one attached hydrogen (secondary N) is 1. The van der Waals surface area contributed by atoms with E-state index in [9.17, 15) is 8.42 Å². The van der Waals surface area contributed by atoms with Gasteiger partial charge >= 0.3 is 0 Å². The number of hydrogen-bond acceptors (Lipinski definition) is 4. The van der Waals surface area contributed by atoms with Crippen molar-refractivity contribution in [3.63, 3.8) is 0 Å². The Bertz CT molecular complexity index is 886. The molecule has 3 rings (SSSR count). The highest BCUT2D eigenvalue weighted by atomic mass is 32.2. The molecule has 0 fully saturated rings. The SMILES string of the molecule is COc1c(C)cc(S(=O)(=O)NCCCN2CCc3ccccc3C2)cc1C. The van der Waals surface area contributed by atoms with Crippen molar-refractivity contribution >= 4 is 10.0 Å². The third-order valence-corrected chi connectivity index (χ3v) is 6.54. The molecule has 0 atom stereocenters. The fraction of sp³-hybridized carbons (Fsp3) is 0.429. The van der Waals surface area contributed by atoms with Gasteiger partial charge in [-0.2, -0.15) is 0 Å². The van der Waals surface area contributed by atoms with Gasteiger partial charge in [0.1, 0.15) is 5.75 Å². The van der Waals surface area contributed by atoms with E-state index in [1.807, 2.05) is 13.8 Å². The summed E-state index contributed by atoms with van der Waals surface area (Å²) in [7, 11) is -1.91. The van der Waals surface area contributed by atoms with Crippen LogP contribution in [0.3, 0.4) is 0 Å². The number of methoxy groups -OCH3 is 1. The fourth-order valence-electron chi connectivity index (χ4n) is 3.73. The van der Waals surface area contributed by atoms with Crippen LogP contribution >= 0.6 is 0 Å². The van der Waals surface area contributed by atoms with Gasteiger partial charge in [0.25, 0.3) is 0 Å². The molecule has 0 saturated heterocycles. The molecule has 6 heteroatoms. The predicted octanol–water partition coefficient (Wildman–Crippen LogP) is 3.04. The van der Waals surface area contributed by atoms with Gasteiger partial charge in [0.05, 0.1) is 12.0 Å². The van der Waals surface area contributed by atoms with Crippen molar-refractivity contribution in [1.29, 1.82) is 0 Å². The van der Waals surface area contributed by atoms with Crippen molar-refractivity contribution < 1.29 is 13.2 Å². The van der Waals surface area contributed by atoms with Crippen molar-refractivity contribution in [3.8, 4) is 5.75 Å². The van der Waals surface area contributed by atoms with E-state index in [1.54, 1.807) is 19.2 Å². The number of sulfonamides is 1. The number of ether oxygens (including phenoxy) is 1. The standard InChI is InChI=1S/C21H28N2O3S/c1-16-13-20(14-17(2)21(16)26-3)27(24,25)22-10-6-11-23-12-9-18-7-4-5-8-19(18)15-23/h4-5,7-8,13-14,22H,6,9-12,15H2,1-3H3. The minimum Gasteiger partial charge on any atom is -0.496 e. The molecule has 2 aromatic rings. The maximum absolute atomic E-state index is 12.6. The van der Waals surface area contributed by atoms with Gasteiger partial charge in [-0.3, -0.25) is 4.90 Å². The highest BCUT2D eigenvalue weighted by Gasteiger charge is 2.18.